The molecule has 11 heavy (non-hydrogen) atoms. The van der Waals surface area contributed by atoms with Crippen LogP contribution in [0.15, 0.2) is 0 Å². The number of rotatable bonds is 6. The Balaban J connectivity index is 3.43. The van der Waals surface area contributed by atoms with Crippen molar-refractivity contribution in [3.63, 3.8) is 0 Å². The molecule has 0 N–H and O–H groups in total. The topological polar surface area (TPSA) is 18.5 Å². The molecule has 68 valence electrons. The molecule has 0 unspecified atom stereocenters. The van der Waals surface area contributed by atoms with Crippen molar-refractivity contribution in [1.82, 2.24) is 0 Å². The summed E-state index contributed by atoms with van der Waals surface area (Å²) in [6, 6.07) is 0. The van der Waals surface area contributed by atoms with Crippen LogP contribution in [0.4, 0.5) is 0 Å². The van der Waals surface area contributed by atoms with Crippen molar-refractivity contribution in [2.24, 2.45) is 5.41 Å². The van der Waals surface area contributed by atoms with E-state index >= 15 is 0 Å². The maximum atomic E-state index is 5.32. The van der Waals surface area contributed by atoms with Crippen LogP contribution in [0.2, 0.25) is 0 Å². The fourth-order valence-electron chi connectivity index (χ4n) is 0.798. The summed E-state index contributed by atoms with van der Waals surface area (Å²) >= 11 is 0. The van der Waals surface area contributed by atoms with Gasteiger partial charge in [0.05, 0.1) is 13.2 Å². The molecule has 0 atom stereocenters. The van der Waals surface area contributed by atoms with Gasteiger partial charge in [-0.1, -0.05) is 13.8 Å². The van der Waals surface area contributed by atoms with Crippen LogP contribution in [0.5, 0.6) is 0 Å². The van der Waals surface area contributed by atoms with Gasteiger partial charge in [0.2, 0.25) is 0 Å². The highest BCUT2D eigenvalue weighted by atomic mass is 16.5. The van der Waals surface area contributed by atoms with Crippen LogP contribution >= 0.6 is 0 Å². The molecule has 0 aliphatic rings. The molecule has 0 aromatic heterocycles. The molecule has 2 nitrogen and oxygen atoms in total. The van der Waals surface area contributed by atoms with Gasteiger partial charge in [0.25, 0.3) is 0 Å². The van der Waals surface area contributed by atoms with Gasteiger partial charge < -0.3 is 9.47 Å². The molecule has 0 fully saturated rings. The van der Waals surface area contributed by atoms with E-state index in [1.54, 1.807) is 0 Å². The molecule has 0 aliphatic heterocycles. The minimum Gasteiger partial charge on any atom is -0.381 e. The van der Waals surface area contributed by atoms with Gasteiger partial charge in [-0.05, 0) is 13.8 Å². The summed E-state index contributed by atoms with van der Waals surface area (Å²) in [7, 11) is 0. The van der Waals surface area contributed by atoms with E-state index in [1.807, 2.05) is 13.8 Å². The first-order chi connectivity index (χ1) is 5.12. The first-order valence-corrected chi connectivity index (χ1v) is 4.28. The highest BCUT2D eigenvalue weighted by molar-refractivity contribution is 4.66. The summed E-state index contributed by atoms with van der Waals surface area (Å²) in [5.41, 5.74) is 0.159. The zero-order valence-electron chi connectivity index (χ0n) is 8.14. The molecule has 0 saturated heterocycles. The van der Waals surface area contributed by atoms with Gasteiger partial charge in [-0.3, -0.25) is 0 Å². The summed E-state index contributed by atoms with van der Waals surface area (Å²) in [6.07, 6.45) is 0. The summed E-state index contributed by atoms with van der Waals surface area (Å²) < 4.78 is 10.6. The Bertz CT molecular complexity index is 79.6. The third-order valence-electron chi connectivity index (χ3n) is 1.39. The SMILES string of the molecule is CCOCC(C)(C)COCC. The Morgan fingerprint density at radius 2 is 1.27 bits per heavy atom. The van der Waals surface area contributed by atoms with Crippen LogP contribution in [0.1, 0.15) is 27.7 Å². The first-order valence-electron chi connectivity index (χ1n) is 4.28. The lowest BCUT2D eigenvalue weighted by atomic mass is 9.96. The Labute approximate surface area is 69.9 Å². The largest absolute Gasteiger partial charge is 0.381 e. The lowest BCUT2D eigenvalue weighted by Crippen LogP contribution is -2.25. The highest BCUT2D eigenvalue weighted by Crippen LogP contribution is 2.15. The number of ether oxygens (including phenoxy) is 2. The van der Waals surface area contributed by atoms with Crippen molar-refractivity contribution in [2.45, 2.75) is 27.7 Å². The smallest absolute Gasteiger partial charge is 0.0539 e. The van der Waals surface area contributed by atoms with Gasteiger partial charge in [0, 0.05) is 18.6 Å². The van der Waals surface area contributed by atoms with Crippen LogP contribution in [0.25, 0.3) is 0 Å². The lowest BCUT2D eigenvalue weighted by molar-refractivity contribution is 0.00384. The van der Waals surface area contributed by atoms with Crippen molar-refractivity contribution in [2.75, 3.05) is 26.4 Å². The molecule has 0 saturated carbocycles. The molecule has 2 heteroatoms. The third kappa shape index (κ3) is 6.32. The van der Waals surface area contributed by atoms with Crippen molar-refractivity contribution < 1.29 is 9.47 Å². The zero-order chi connectivity index (χ0) is 8.74. The van der Waals surface area contributed by atoms with Gasteiger partial charge >= 0.3 is 0 Å². The summed E-state index contributed by atoms with van der Waals surface area (Å²) in [5, 5.41) is 0. The maximum absolute atomic E-state index is 5.32. The van der Waals surface area contributed by atoms with Crippen LogP contribution in [-0.2, 0) is 9.47 Å². The fourth-order valence-corrected chi connectivity index (χ4v) is 0.798. The van der Waals surface area contributed by atoms with Crippen molar-refractivity contribution >= 4 is 0 Å². The van der Waals surface area contributed by atoms with E-state index in [0.29, 0.717) is 0 Å². The Hall–Kier alpha value is -0.0800. The standard InChI is InChI=1S/C9H20O2/c1-5-10-7-9(3,4)8-11-6-2/h5-8H2,1-4H3. The molecule has 0 aromatic rings. The van der Waals surface area contributed by atoms with Gasteiger partial charge in [-0.2, -0.15) is 0 Å². The van der Waals surface area contributed by atoms with Crippen LogP contribution in [0.3, 0.4) is 0 Å². The Morgan fingerprint density at radius 3 is 1.55 bits per heavy atom. The maximum Gasteiger partial charge on any atom is 0.0539 e. The lowest BCUT2D eigenvalue weighted by Gasteiger charge is -2.23. The van der Waals surface area contributed by atoms with E-state index in [4.69, 9.17) is 9.47 Å². The second-order valence-electron chi connectivity index (χ2n) is 3.44. The molecule has 0 rings (SSSR count). The predicted molar refractivity (Wildman–Crippen MR) is 46.8 cm³/mol. The average Bonchev–Trinajstić information content (AvgIpc) is 1.97. The molecular formula is C9H20O2. The first kappa shape index (κ1) is 10.9. The van der Waals surface area contributed by atoms with E-state index in [0.717, 1.165) is 26.4 Å². The summed E-state index contributed by atoms with van der Waals surface area (Å²) in [6.45, 7) is 11.5. The molecule has 0 heterocycles. The molecule has 0 radical (unpaired) electrons. The molecule has 0 aromatic carbocycles. The second-order valence-corrected chi connectivity index (χ2v) is 3.44. The Kier molecular flexibility index (Phi) is 5.51. The third-order valence-corrected chi connectivity index (χ3v) is 1.39. The van der Waals surface area contributed by atoms with Crippen molar-refractivity contribution in [3.8, 4) is 0 Å². The molecular weight excluding hydrogens is 140 g/mol. The molecule has 0 amide bonds. The van der Waals surface area contributed by atoms with E-state index in [1.165, 1.54) is 0 Å². The number of hydrogen-bond donors (Lipinski definition) is 0. The monoisotopic (exact) mass is 160 g/mol. The molecule has 0 bridgehead atoms. The van der Waals surface area contributed by atoms with Crippen LogP contribution in [-0.4, -0.2) is 26.4 Å². The zero-order valence-corrected chi connectivity index (χ0v) is 8.14. The van der Waals surface area contributed by atoms with Gasteiger partial charge in [-0.15, -0.1) is 0 Å². The second kappa shape index (κ2) is 5.56. The van der Waals surface area contributed by atoms with Crippen molar-refractivity contribution in [1.29, 1.82) is 0 Å². The number of hydrogen-bond acceptors (Lipinski definition) is 2. The van der Waals surface area contributed by atoms with Crippen LogP contribution in [0, 0.1) is 5.41 Å². The van der Waals surface area contributed by atoms with E-state index < -0.39 is 0 Å². The minimum atomic E-state index is 0.159. The quantitative estimate of drug-likeness (QED) is 0.592. The summed E-state index contributed by atoms with van der Waals surface area (Å²) in [5.74, 6) is 0. The van der Waals surface area contributed by atoms with Gasteiger partial charge in [0.15, 0.2) is 0 Å². The van der Waals surface area contributed by atoms with E-state index in [-0.39, 0.29) is 5.41 Å². The van der Waals surface area contributed by atoms with Crippen LogP contribution < -0.4 is 0 Å². The van der Waals surface area contributed by atoms with Crippen molar-refractivity contribution in [3.05, 3.63) is 0 Å². The minimum absolute atomic E-state index is 0.159. The van der Waals surface area contributed by atoms with E-state index in [2.05, 4.69) is 13.8 Å². The van der Waals surface area contributed by atoms with Gasteiger partial charge in [0.1, 0.15) is 0 Å². The molecule has 0 aliphatic carbocycles. The van der Waals surface area contributed by atoms with E-state index in [9.17, 15) is 0 Å². The average molecular weight is 160 g/mol. The Morgan fingerprint density at radius 1 is 0.909 bits per heavy atom. The summed E-state index contributed by atoms with van der Waals surface area (Å²) in [4.78, 5) is 0. The fraction of sp³-hybridized carbons (Fsp3) is 1.00. The molecule has 0 spiro atoms. The highest BCUT2D eigenvalue weighted by Gasteiger charge is 2.17. The van der Waals surface area contributed by atoms with Gasteiger partial charge in [-0.25, -0.2) is 0 Å². The predicted octanol–water partition coefficient (Wildman–Crippen LogP) is 2.09. The normalized spacial score (nSPS) is 12.0.